The Kier molecular flexibility index (Phi) is 4.81. The van der Waals surface area contributed by atoms with E-state index in [2.05, 4.69) is 5.32 Å². The van der Waals surface area contributed by atoms with Crippen LogP contribution in [0.5, 0.6) is 0 Å². The van der Waals surface area contributed by atoms with E-state index in [0.717, 1.165) is 5.39 Å². The average molecular weight is 406 g/mol. The van der Waals surface area contributed by atoms with E-state index in [0.29, 0.717) is 16.6 Å². The van der Waals surface area contributed by atoms with Gasteiger partial charge in [0, 0.05) is 17.1 Å². The Morgan fingerprint density at radius 1 is 1.00 bits per heavy atom. The Labute approximate surface area is 173 Å². The predicted octanol–water partition coefficient (Wildman–Crippen LogP) is 3.82. The Bertz CT molecular complexity index is 1130. The van der Waals surface area contributed by atoms with Gasteiger partial charge in [-0.15, -0.1) is 0 Å². The number of ether oxygens (including phenoxy) is 2. The number of nitrogens with zero attached hydrogens (tertiary/aromatic N) is 1. The number of benzene rings is 2. The molecule has 2 atom stereocenters. The van der Waals surface area contributed by atoms with Gasteiger partial charge in [0.25, 0.3) is 5.91 Å². The Morgan fingerprint density at radius 3 is 2.33 bits per heavy atom. The highest BCUT2D eigenvalue weighted by atomic mass is 16.6. The summed E-state index contributed by atoms with van der Waals surface area (Å²) in [5.41, 5.74) is 1.05. The lowest BCUT2D eigenvalue weighted by Gasteiger charge is -2.35. The third-order valence-corrected chi connectivity index (χ3v) is 4.77. The lowest BCUT2D eigenvalue weighted by Crippen LogP contribution is -2.57. The van der Waals surface area contributed by atoms with Crippen molar-refractivity contribution in [2.24, 2.45) is 0 Å². The molecule has 1 aliphatic rings. The number of rotatable bonds is 3. The van der Waals surface area contributed by atoms with Crippen LogP contribution in [0, 0.1) is 0 Å². The molecule has 0 aliphatic carbocycles. The van der Waals surface area contributed by atoms with E-state index in [4.69, 9.17) is 9.47 Å². The van der Waals surface area contributed by atoms with Crippen LogP contribution in [-0.2, 0) is 14.3 Å². The summed E-state index contributed by atoms with van der Waals surface area (Å²) in [6.45, 7) is 5.38. The number of β-lactam (4-membered cyclic amide) rings is 1. The summed E-state index contributed by atoms with van der Waals surface area (Å²) < 4.78 is 12.4. The molecule has 7 heteroatoms. The molecule has 4 rings (SSSR count). The van der Waals surface area contributed by atoms with E-state index in [1.54, 1.807) is 63.4 Å². The van der Waals surface area contributed by atoms with Crippen molar-refractivity contribution in [2.75, 3.05) is 0 Å². The third kappa shape index (κ3) is 3.66. The van der Waals surface area contributed by atoms with Gasteiger partial charge in [0.2, 0.25) is 6.10 Å². The molecule has 3 aromatic rings. The molecular formula is C23H22N2O5. The van der Waals surface area contributed by atoms with Crippen LogP contribution in [0.15, 0.2) is 60.8 Å². The number of carbonyl (C=O) groups excluding carboxylic acids is 3. The Morgan fingerprint density at radius 2 is 1.67 bits per heavy atom. The van der Waals surface area contributed by atoms with Crippen LogP contribution in [0.2, 0.25) is 0 Å². The largest absolute Gasteiger partial charge is 0.446 e. The number of hydrogen-bond acceptors (Lipinski definition) is 5. The van der Waals surface area contributed by atoms with Crippen molar-refractivity contribution in [2.45, 2.75) is 38.5 Å². The number of hydrogen-bond donors (Lipinski definition) is 1. The SMILES string of the molecule is CC(C)(C)OC(=O)n1cc([C@@H]2NC(=O)[C@H]2OC(=O)c2ccccc2)c2ccccc21. The number of para-hydroxylation sites is 1. The second-order valence-electron chi connectivity index (χ2n) is 8.13. The topological polar surface area (TPSA) is 86.6 Å². The maximum absolute atomic E-state index is 12.7. The fourth-order valence-electron chi connectivity index (χ4n) is 3.40. The molecule has 2 aromatic carbocycles. The summed E-state index contributed by atoms with van der Waals surface area (Å²) in [5.74, 6) is -0.949. The second kappa shape index (κ2) is 7.33. The van der Waals surface area contributed by atoms with Gasteiger partial charge in [-0.1, -0.05) is 36.4 Å². The highest BCUT2D eigenvalue weighted by Gasteiger charge is 2.45. The van der Waals surface area contributed by atoms with Crippen molar-refractivity contribution in [3.8, 4) is 0 Å². The van der Waals surface area contributed by atoms with Gasteiger partial charge in [-0.3, -0.25) is 9.36 Å². The summed E-state index contributed by atoms with van der Waals surface area (Å²) in [6.07, 6.45) is 0.135. The minimum absolute atomic E-state index is 0.368. The maximum atomic E-state index is 12.7. The predicted molar refractivity (Wildman–Crippen MR) is 110 cm³/mol. The molecule has 0 bridgehead atoms. The minimum Gasteiger partial charge on any atom is -0.446 e. The monoisotopic (exact) mass is 406 g/mol. The first-order valence-electron chi connectivity index (χ1n) is 9.64. The lowest BCUT2D eigenvalue weighted by molar-refractivity contribution is -0.143. The number of aromatic nitrogens is 1. The highest BCUT2D eigenvalue weighted by Crippen LogP contribution is 2.34. The van der Waals surface area contributed by atoms with Crippen LogP contribution < -0.4 is 5.32 Å². The van der Waals surface area contributed by atoms with Crippen molar-refractivity contribution in [1.29, 1.82) is 0 Å². The zero-order valence-corrected chi connectivity index (χ0v) is 16.9. The summed E-state index contributed by atoms with van der Waals surface area (Å²) in [5, 5.41) is 3.55. The van der Waals surface area contributed by atoms with Gasteiger partial charge in [-0.05, 0) is 39.0 Å². The Balaban J connectivity index is 1.65. The first-order chi connectivity index (χ1) is 14.2. The molecule has 0 saturated carbocycles. The molecule has 1 amide bonds. The first kappa shape index (κ1) is 19.7. The van der Waals surface area contributed by atoms with Crippen LogP contribution in [0.1, 0.15) is 42.7 Å². The fraction of sp³-hybridized carbons (Fsp3) is 0.261. The fourth-order valence-corrected chi connectivity index (χ4v) is 3.40. The lowest BCUT2D eigenvalue weighted by atomic mass is 9.93. The van der Waals surface area contributed by atoms with E-state index >= 15 is 0 Å². The van der Waals surface area contributed by atoms with Gasteiger partial charge in [0.05, 0.1) is 11.1 Å². The van der Waals surface area contributed by atoms with E-state index in [9.17, 15) is 14.4 Å². The van der Waals surface area contributed by atoms with Gasteiger partial charge < -0.3 is 14.8 Å². The van der Waals surface area contributed by atoms with Crippen molar-refractivity contribution < 1.29 is 23.9 Å². The number of amides is 1. The molecule has 154 valence electrons. The van der Waals surface area contributed by atoms with E-state index < -0.39 is 29.8 Å². The van der Waals surface area contributed by atoms with Crippen LogP contribution >= 0.6 is 0 Å². The van der Waals surface area contributed by atoms with Crippen LogP contribution in [0.3, 0.4) is 0 Å². The average Bonchev–Trinajstić information content (AvgIpc) is 3.09. The number of carbonyl (C=O) groups is 3. The molecule has 1 fully saturated rings. The number of esters is 1. The molecule has 30 heavy (non-hydrogen) atoms. The first-order valence-corrected chi connectivity index (χ1v) is 9.64. The minimum atomic E-state index is -0.976. The zero-order valence-electron chi connectivity index (χ0n) is 16.9. The van der Waals surface area contributed by atoms with Crippen molar-refractivity contribution in [3.63, 3.8) is 0 Å². The number of nitrogens with one attached hydrogen (secondary N) is 1. The van der Waals surface area contributed by atoms with Gasteiger partial charge in [-0.2, -0.15) is 0 Å². The van der Waals surface area contributed by atoms with Crippen molar-refractivity contribution in [1.82, 2.24) is 9.88 Å². The molecule has 2 heterocycles. The summed E-state index contributed by atoms with van der Waals surface area (Å²) >= 11 is 0. The molecule has 0 radical (unpaired) electrons. The molecule has 0 unspecified atom stereocenters. The smallest absolute Gasteiger partial charge is 0.419 e. The summed E-state index contributed by atoms with van der Waals surface area (Å²) in [7, 11) is 0. The summed E-state index contributed by atoms with van der Waals surface area (Å²) in [6, 6.07) is 15.3. The molecule has 1 N–H and O–H groups in total. The van der Waals surface area contributed by atoms with E-state index in [1.165, 1.54) is 4.57 Å². The quantitative estimate of drug-likeness (QED) is 0.528. The van der Waals surface area contributed by atoms with Crippen LogP contribution in [0.25, 0.3) is 10.9 Å². The highest BCUT2D eigenvalue weighted by molar-refractivity contribution is 5.98. The molecule has 1 saturated heterocycles. The van der Waals surface area contributed by atoms with E-state index in [-0.39, 0.29) is 5.91 Å². The van der Waals surface area contributed by atoms with Crippen molar-refractivity contribution in [3.05, 3.63) is 71.9 Å². The van der Waals surface area contributed by atoms with Crippen molar-refractivity contribution >= 4 is 28.9 Å². The van der Waals surface area contributed by atoms with E-state index in [1.807, 2.05) is 18.2 Å². The molecule has 7 nitrogen and oxygen atoms in total. The number of fused-ring (bicyclic) bond motifs is 1. The normalized spacial score (nSPS) is 18.4. The van der Waals surface area contributed by atoms with Gasteiger partial charge in [-0.25, -0.2) is 9.59 Å². The Hall–Kier alpha value is -3.61. The van der Waals surface area contributed by atoms with Crippen LogP contribution in [0.4, 0.5) is 4.79 Å². The maximum Gasteiger partial charge on any atom is 0.419 e. The third-order valence-electron chi connectivity index (χ3n) is 4.77. The molecular weight excluding hydrogens is 384 g/mol. The van der Waals surface area contributed by atoms with Gasteiger partial charge >= 0.3 is 12.1 Å². The molecule has 1 aliphatic heterocycles. The van der Waals surface area contributed by atoms with Crippen LogP contribution in [-0.4, -0.2) is 34.2 Å². The standard InChI is InChI=1S/C23H22N2O5/c1-23(2,3)30-22(28)25-13-16(15-11-7-8-12-17(15)25)18-19(20(26)24-18)29-21(27)14-9-5-4-6-10-14/h4-13,18-19H,1-3H3,(H,24,26)/t18-,19-/m0/s1. The van der Waals surface area contributed by atoms with Gasteiger partial charge in [0.1, 0.15) is 11.6 Å². The second-order valence-corrected chi connectivity index (χ2v) is 8.13. The molecule has 1 aromatic heterocycles. The molecule has 0 spiro atoms. The zero-order chi connectivity index (χ0) is 21.5. The van der Waals surface area contributed by atoms with Gasteiger partial charge in [0.15, 0.2) is 0 Å². The summed E-state index contributed by atoms with van der Waals surface area (Å²) in [4.78, 5) is 37.3.